The molecule has 0 rings (SSSR count). The van der Waals surface area contributed by atoms with Crippen LogP contribution >= 0.6 is 0 Å². The van der Waals surface area contributed by atoms with Gasteiger partial charge in [0.15, 0.2) is 0 Å². The van der Waals surface area contributed by atoms with E-state index in [4.69, 9.17) is 0 Å². The molecule has 0 aromatic heterocycles. The number of esters is 3. The van der Waals surface area contributed by atoms with Gasteiger partial charge in [-0.25, -0.2) is 0 Å². The summed E-state index contributed by atoms with van der Waals surface area (Å²) in [5.74, 6) is -2.63. The fourth-order valence-electron chi connectivity index (χ4n) is 0.975. The highest BCUT2D eigenvalue weighted by Crippen LogP contribution is 2.12. The lowest BCUT2D eigenvalue weighted by Gasteiger charge is -2.11. The van der Waals surface area contributed by atoms with Crippen molar-refractivity contribution in [1.82, 2.24) is 0 Å². The smallest absolute Gasteiger partial charge is 0.309 e. The number of methoxy groups -OCH3 is 3. The summed E-state index contributed by atoms with van der Waals surface area (Å²) in [5, 5.41) is 0. The van der Waals surface area contributed by atoms with Crippen molar-refractivity contribution in [1.29, 1.82) is 0 Å². The van der Waals surface area contributed by atoms with Gasteiger partial charge in [-0.3, -0.25) is 14.4 Å². The van der Waals surface area contributed by atoms with Crippen LogP contribution in [0.2, 0.25) is 0 Å². The molecule has 0 aromatic rings. The van der Waals surface area contributed by atoms with E-state index in [1.54, 1.807) is 0 Å². The summed E-state index contributed by atoms with van der Waals surface area (Å²) in [6.07, 6.45) is -0.392. The van der Waals surface area contributed by atoms with Crippen LogP contribution in [0.1, 0.15) is 12.8 Å². The zero-order chi connectivity index (χ0) is 11.8. The molecule has 0 spiro atoms. The lowest BCUT2D eigenvalue weighted by Crippen LogP contribution is -2.23. The molecule has 6 heteroatoms. The van der Waals surface area contributed by atoms with Crippen LogP contribution in [0.4, 0.5) is 0 Å². The average Bonchev–Trinajstić information content (AvgIpc) is 2.26. The summed E-state index contributed by atoms with van der Waals surface area (Å²) in [6, 6.07) is 0. The number of ether oxygens (including phenoxy) is 3. The van der Waals surface area contributed by atoms with E-state index < -0.39 is 23.8 Å². The number of carbonyl (C=O) groups is 3. The van der Waals surface area contributed by atoms with Crippen molar-refractivity contribution in [3.05, 3.63) is 0 Å². The molecule has 0 bridgehead atoms. The Morgan fingerprint density at radius 3 is 1.53 bits per heavy atom. The van der Waals surface area contributed by atoms with E-state index >= 15 is 0 Å². The maximum absolute atomic E-state index is 11.2. The van der Waals surface area contributed by atoms with Crippen molar-refractivity contribution < 1.29 is 28.6 Å². The third kappa shape index (κ3) is 4.99. The van der Waals surface area contributed by atoms with Gasteiger partial charge in [0.1, 0.15) is 0 Å². The summed E-state index contributed by atoms with van der Waals surface area (Å²) >= 11 is 0. The third-order valence-electron chi connectivity index (χ3n) is 1.82. The van der Waals surface area contributed by atoms with Gasteiger partial charge in [-0.15, -0.1) is 0 Å². The molecule has 0 saturated carbocycles. The minimum Gasteiger partial charge on any atom is -0.469 e. The predicted molar refractivity (Wildman–Crippen MR) is 48.8 cm³/mol. The van der Waals surface area contributed by atoms with E-state index in [0.717, 1.165) is 0 Å². The number of carbonyl (C=O) groups excluding carboxylic acids is 3. The van der Waals surface area contributed by atoms with Crippen LogP contribution in [0.5, 0.6) is 0 Å². The minimum absolute atomic E-state index is 0.196. The number of rotatable bonds is 5. The Balaban J connectivity index is 4.37. The van der Waals surface area contributed by atoms with E-state index in [9.17, 15) is 14.4 Å². The predicted octanol–water partition coefficient (Wildman–Crippen LogP) is -0.0982. The Labute approximate surface area is 87.5 Å². The lowest BCUT2D eigenvalue weighted by molar-refractivity contribution is -0.156. The number of hydrogen-bond acceptors (Lipinski definition) is 6. The quantitative estimate of drug-likeness (QED) is 0.473. The van der Waals surface area contributed by atoms with Crippen LogP contribution in [0.15, 0.2) is 0 Å². The topological polar surface area (TPSA) is 78.9 Å². The zero-order valence-corrected chi connectivity index (χ0v) is 8.94. The molecule has 0 saturated heterocycles. The van der Waals surface area contributed by atoms with Crippen molar-refractivity contribution in [2.24, 2.45) is 5.92 Å². The molecule has 0 N–H and O–H groups in total. The summed E-state index contributed by atoms with van der Waals surface area (Å²) in [6.45, 7) is 0. The van der Waals surface area contributed by atoms with Crippen molar-refractivity contribution in [2.75, 3.05) is 21.3 Å². The second kappa shape index (κ2) is 6.80. The van der Waals surface area contributed by atoms with Crippen LogP contribution in [0.3, 0.4) is 0 Å². The van der Waals surface area contributed by atoms with Crippen LogP contribution in [-0.4, -0.2) is 39.2 Å². The molecule has 0 unspecified atom stereocenters. The molecule has 6 nitrogen and oxygen atoms in total. The van der Waals surface area contributed by atoms with Crippen LogP contribution in [0.25, 0.3) is 0 Å². The molecule has 86 valence electrons. The Morgan fingerprint density at radius 1 is 0.867 bits per heavy atom. The molecule has 0 fully saturated rings. The molecule has 0 aliphatic rings. The summed E-state index contributed by atoms with van der Waals surface area (Å²) in [4.78, 5) is 33.0. The van der Waals surface area contributed by atoms with Crippen LogP contribution in [0, 0.1) is 5.92 Å². The van der Waals surface area contributed by atoms with Gasteiger partial charge in [-0.05, 0) is 0 Å². The Morgan fingerprint density at radius 2 is 1.27 bits per heavy atom. The average molecular weight is 218 g/mol. The minimum atomic E-state index is -0.852. The van der Waals surface area contributed by atoms with Crippen LogP contribution in [-0.2, 0) is 28.6 Å². The van der Waals surface area contributed by atoms with Crippen molar-refractivity contribution in [2.45, 2.75) is 12.8 Å². The molecular formula is C9H14O6. The molecule has 0 amide bonds. The second-order valence-corrected chi connectivity index (χ2v) is 2.78. The van der Waals surface area contributed by atoms with Gasteiger partial charge in [0.2, 0.25) is 0 Å². The molecule has 0 radical (unpaired) electrons. The van der Waals surface area contributed by atoms with Gasteiger partial charge < -0.3 is 14.2 Å². The summed E-state index contributed by atoms with van der Waals surface area (Å²) in [7, 11) is 3.59. The van der Waals surface area contributed by atoms with Crippen molar-refractivity contribution >= 4 is 17.9 Å². The fraction of sp³-hybridized carbons (Fsp3) is 0.667. The maximum atomic E-state index is 11.2. The SMILES string of the molecule is COC(=O)CC(CC(=O)OC)C(=O)OC. The Kier molecular flexibility index (Phi) is 6.08. The highest BCUT2D eigenvalue weighted by atomic mass is 16.5. The third-order valence-corrected chi connectivity index (χ3v) is 1.82. The molecule has 0 aliphatic carbocycles. The molecule has 0 heterocycles. The van der Waals surface area contributed by atoms with E-state index in [0.29, 0.717) is 0 Å². The van der Waals surface area contributed by atoms with Gasteiger partial charge in [-0.2, -0.15) is 0 Å². The standard InChI is InChI=1S/C9H14O6/c1-13-7(10)4-6(9(12)15-3)5-8(11)14-2/h6H,4-5H2,1-3H3. The summed E-state index contributed by atoms with van der Waals surface area (Å²) in [5.41, 5.74) is 0. The Hall–Kier alpha value is -1.59. The summed E-state index contributed by atoms with van der Waals surface area (Å²) < 4.78 is 13.2. The first-order valence-corrected chi connectivity index (χ1v) is 4.26. The molecule has 0 aliphatic heterocycles. The first-order chi connectivity index (χ1) is 7.04. The maximum Gasteiger partial charge on any atom is 0.309 e. The van der Waals surface area contributed by atoms with Crippen molar-refractivity contribution in [3.8, 4) is 0 Å². The first kappa shape index (κ1) is 13.4. The lowest BCUT2D eigenvalue weighted by atomic mass is 10.0. The van der Waals surface area contributed by atoms with Crippen LogP contribution < -0.4 is 0 Å². The normalized spacial score (nSPS) is 9.60. The highest BCUT2D eigenvalue weighted by Gasteiger charge is 2.26. The highest BCUT2D eigenvalue weighted by molar-refractivity contribution is 5.84. The number of hydrogen-bond donors (Lipinski definition) is 0. The van der Waals surface area contributed by atoms with E-state index in [2.05, 4.69) is 14.2 Å². The molecule has 15 heavy (non-hydrogen) atoms. The van der Waals surface area contributed by atoms with Gasteiger partial charge >= 0.3 is 17.9 Å². The van der Waals surface area contributed by atoms with E-state index in [1.165, 1.54) is 21.3 Å². The first-order valence-electron chi connectivity index (χ1n) is 4.26. The largest absolute Gasteiger partial charge is 0.469 e. The van der Waals surface area contributed by atoms with E-state index in [1.807, 2.05) is 0 Å². The van der Waals surface area contributed by atoms with Gasteiger partial charge in [-0.1, -0.05) is 0 Å². The monoisotopic (exact) mass is 218 g/mol. The van der Waals surface area contributed by atoms with Crippen molar-refractivity contribution in [3.63, 3.8) is 0 Å². The van der Waals surface area contributed by atoms with Gasteiger partial charge in [0.05, 0.1) is 40.1 Å². The van der Waals surface area contributed by atoms with Gasteiger partial charge in [0, 0.05) is 0 Å². The fourth-order valence-corrected chi connectivity index (χ4v) is 0.975. The second-order valence-electron chi connectivity index (χ2n) is 2.78. The molecule has 0 aromatic carbocycles. The van der Waals surface area contributed by atoms with E-state index in [-0.39, 0.29) is 12.8 Å². The van der Waals surface area contributed by atoms with Gasteiger partial charge in [0.25, 0.3) is 0 Å². The zero-order valence-electron chi connectivity index (χ0n) is 8.94. The molecule has 0 atom stereocenters. The Bertz CT molecular complexity index is 229. The molecular weight excluding hydrogens is 204 g/mol.